The molecule has 0 aromatic heterocycles. The van der Waals surface area contributed by atoms with E-state index in [9.17, 15) is 9.18 Å². The molecule has 0 bridgehead atoms. The molecule has 2 rings (SSSR count). The number of hydrogen-bond acceptors (Lipinski definition) is 3. The summed E-state index contributed by atoms with van der Waals surface area (Å²) in [6.45, 7) is 3.90. The molecule has 1 saturated heterocycles. The molecule has 1 amide bonds. The molecule has 0 spiro atoms. The Hall–Kier alpha value is -1.53. The molecule has 4 N–H and O–H groups in total. The number of nitrogens with zero attached hydrogens (tertiary/aromatic N) is 1. The number of benzene rings is 1. The van der Waals surface area contributed by atoms with Gasteiger partial charge in [-0.3, -0.25) is 9.69 Å². The van der Waals surface area contributed by atoms with Crippen LogP contribution in [0, 0.1) is 11.2 Å². The van der Waals surface area contributed by atoms with Gasteiger partial charge in [-0.25, -0.2) is 4.39 Å². The van der Waals surface area contributed by atoms with Crippen molar-refractivity contribution in [2.45, 2.75) is 19.9 Å². The van der Waals surface area contributed by atoms with Crippen LogP contribution in [0.3, 0.4) is 0 Å². The Kier molecular flexibility index (Phi) is 4.06. The Morgan fingerprint density at radius 2 is 2.20 bits per heavy atom. The molecule has 0 saturated carbocycles. The summed E-state index contributed by atoms with van der Waals surface area (Å²) in [5, 5.41) is 0. The average molecular weight is 295 g/mol. The van der Waals surface area contributed by atoms with Gasteiger partial charge >= 0.3 is 0 Å². The van der Waals surface area contributed by atoms with Crippen LogP contribution in [0.2, 0.25) is 0 Å². The van der Waals surface area contributed by atoms with Gasteiger partial charge in [-0.05, 0) is 37.6 Å². The van der Waals surface area contributed by atoms with E-state index in [0.717, 1.165) is 18.5 Å². The fourth-order valence-corrected chi connectivity index (χ4v) is 2.67. The molecule has 1 unspecified atom stereocenters. The van der Waals surface area contributed by atoms with Crippen LogP contribution in [0.5, 0.6) is 0 Å². The average Bonchev–Trinajstić information content (AvgIpc) is 2.74. The summed E-state index contributed by atoms with van der Waals surface area (Å²) in [6.07, 6.45) is 0.742. The molecular weight excluding hydrogens is 277 g/mol. The first-order chi connectivity index (χ1) is 9.32. The summed E-state index contributed by atoms with van der Waals surface area (Å²) >= 11 is 4.83. The number of halogens is 1. The highest BCUT2D eigenvalue weighted by Gasteiger charge is 2.38. The molecule has 1 aromatic carbocycles. The molecule has 20 heavy (non-hydrogen) atoms. The summed E-state index contributed by atoms with van der Waals surface area (Å²) in [6, 6.07) is 4.74. The number of rotatable bonds is 4. The molecular formula is C14H18FN3OS. The maximum atomic E-state index is 13.5. The van der Waals surface area contributed by atoms with Gasteiger partial charge in [0.1, 0.15) is 10.8 Å². The van der Waals surface area contributed by atoms with Gasteiger partial charge in [-0.2, -0.15) is 0 Å². The molecule has 1 aliphatic heterocycles. The van der Waals surface area contributed by atoms with Crippen molar-refractivity contribution in [1.82, 2.24) is 4.90 Å². The van der Waals surface area contributed by atoms with E-state index < -0.39 is 11.2 Å². The van der Waals surface area contributed by atoms with Gasteiger partial charge in [0.25, 0.3) is 0 Å². The van der Waals surface area contributed by atoms with Gasteiger partial charge in [0, 0.05) is 18.7 Å². The van der Waals surface area contributed by atoms with Crippen LogP contribution >= 0.6 is 12.2 Å². The highest BCUT2D eigenvalue weighted by atomic mass is 32.1. The van der Waals surface area contributed by atoms with E-state index in [1.807, 2.05) is 6.92 Å². The van der Waals surface area contributed by atoms with Crippen LogP contribution in [0.4, 0.5) is 4.39 Å². The highest BCUT2D eigenvalue weighted by molar-refractivity contribution is 7.80. The summed E-state index contributed by atoms with van der Waals surface area (Å²) in [5.41, 5.74) is 11.6. The first-order valence-corrected chi connectivity index (χ1v) is 6.83. The molecule has 4 nitrogen and oxygen atoms in total. The van der Waals surface area contributed by atoms with Crippen molar-refractivity contribution in [1.29, 1.82) is 0 Å². The monoisotopic (exact) mass is 295 g/mol. The Morgan fingerprint density at radius 3 is 2.75 bits per heavy atom. The molecule has 1 heterocycles. The van der Waals surface area contributed by atoms with Crippen molar-refractivity contribution in [3.63, 3.8) is 0 Å². The number of thiocarbonyl (C=S) groups is 1. The fraction of sp³-hybridized carbons (Fsp3) is 0.429. The summed E-state index contributed by atoms with van der Waals surface area (Å²) in [5.74, 6) is -0.687. The molecule has 108 valence electrons. The number of nitrogens with two attached hydrogens (primary N) is 2. The summed E-state index contributed by atoms with van der Waals surface area (Å²) in [4.78, 5) is 13.6. The van der Waals surface area contributed by atoms with Crippen molar-refractivity contribution >= 4 is 23.1 Å². The number of hydrogen-bond donors (Lipinski definition) is 2. The molecule has 0 aliphatic carbocycles. The van der Waals surface area contributed by atoms with E-state index in [0.29, 0.717) is 13.1 Å². The van der Waals surface area contributed by atoms with Crippen LogP contribution in [0.15, 0.2) is 18.2 Å². The lowest BCUT2D eigenvalue weighted by atomic mass is 9.89. The van der Waals surface area contributed by atoms with Crippen molar-refractivity contribution in [3.8, 4) is 0 Å². The van der Waals surface area contributed by atoms with Crippen molar-refractivity contribution in [2.75, 3.05) is 13.1 Å². The zero-order valence-electron chi connectivity index (χ0n) is 11.4. The van der Waals surface area contributed by atoms with Gasteiger partial charge < -0.3 is 11.5 Å². The molecule has 0 radical (unpaired) electrons. The summed E-state index contributed by atoms with van der Waals surface area (Å²) in [7, 11) is 0. The zero-order valence-corrected chi connectivity index (χ0v) is 12.2. The van der Waals surface area contributed by atoms with Gasteiger partial charge in [0.05, 0.1) is 5.41 Å². The fourth-order valence-electron chi connectivity index (χ4n) is 2.51. The standard InChI is InChI=1S/C14H18FN3OS/c1-14(13(17)19)4-5-18(8-14)7-9-2-3-11(15)10(6-9)12(16)20/h2-3,6H,4-5,7-8H2,1H3,(H2,16,20)(H2,17,19). The van der Waals surface area contributed by atoms with Gasteiger partial charge in [0.15, 0.2) is 0 Å². The molecule has 1 fully saturated rings. The minimum absolute atomic E-state index is 0.0488. The highest BCUT2D eigenvalue weighted by Crippen LogP contribution is 2.30. The predicted molar refractivity (Wildman–Crippen MR) is 79.5 cm³/mol. The Labute approximate surface area is 122 Å². The van der Waals surface area contributed by atoms with Gasteiger partial charge in [0.2, 0.25) is 5.91 Å². The Bertz CT molecular complexity index is 563. The van der Waals surface area contributed by atoms with E-state index in [1.54, 1.807) is 12.1 Å². The number of amides is 1. The van der Waals surface area contributed by atoms with Crippen molar-refractivity contribution < 1.29 is 9.18 Å². The molecule has 1 aromatic rings. The smallest absolute Gasteiger partial charge is 0.224 e. The third-order valence-corrected chi connectivity index (χ3v) is 4.07. The zero-order chi connectivity index (χ0) is 14.9. The van der Waals surface area contributed by atoms with Crippen LogP contribution in [0.25, 0.3) is 0 Å². The molecule has 1 aliphatic rings. The third kappa shape index (κ3) is 2.96. The maximum absolute atomic E-state index is 13.5. The minimum atomic E-state index is -0.480. The van der Waals surface area contributed by atoms with Crippen molar-refractivity contribution in [3.05, 3.63) is 35.1 Å². The lowest BCUT2D eigenvalue weighted by Crippen LogP contribution is -2.36. The lowest BCUT2D eigenvalue weighted by Gasteiger charge is -2.21. The second kappa shape index (κ2) is 5.46. The SMILES string of the molecule is CC1(C(N)=O)CCN(Cc2ccc(F)c(C(N)=S)c2)C1. The summed E-state index contributed by atoms with van der Waals surface area (Å²) < 4.78 is 13.5. The number of likely N-dealkylation sites (tertiary alicyclic amines) is 1. The maximum Gasteiger partial charge on any atom is 0.224 e. The van der Waals surface area contributed by atoms with E-state index in [2.05, 4.69) is 4.90 Å². The van der Waals surface area contributed by atoms with Crippen LogP contribution in [-0.4, -0.2) is 28.9 Å². The van der Waals surface area contributed by atoms with Crippen LogP contribution < -0.4 is 11.5 Å². The Balaban J connectivity index is 2.11. The minimum Gasteiger partial charge on any atom is -0.389 e. The van der Waals surface area contributed by atoms with E-state index >= 15 is 0 Å². The van der Waals surface area contributed by atoms with Gasteiger partial charge in [-0.1, -0.05) is 18.3 Å². The van der Waals surface area contributed by atoms with E-state index in [-0.39, 0.29) is 16.5 Å². The van der Waals surface area contributed by atoms with Crippen LogP contribution in [0.1, 0.15) is 24.5 Å². The van der Waals surface area contributed by atoms with Crippen LogP contribution in [-0.2, 0) is 11.3 Å². The number of carbonyl (C=O) groups excluding carboxylic acids is 1. The predicted octanol–water partition coefficient (Wildman–Crippen LogP) is 1.16. The van der Waals surface area contributed by atoms with E-state index in [4.69, 9.17) is 23.7 Å². The lowest BCUT2D eigenvalue weighted by molar-refractivity contribution is -0.126. The number of carbonyl (C=O) groups is 1. The van der Waals surface area contributed by atoms with Gasteiger partial charge in [-0.15, -0.1) is 0 Å². The van der Waals surface area contributed by atoms with Crippen molar-refractivity contribution in [2.24, 2.45) is 16.9 Å². The molecule has 1 atom stereocenters. The first kappa shape index (κ1) is 14.9. The Morgan fingerprint density at radius 1 is 1.50 bits per heavy atom. The van der Waals surface area contributed by atoms with E-state index in [1.165, 1.54) is 6.07 Å². The third-order valence-electron chi connectivity index (χ3n) is 3.85. The second-order valence-electron chi connectivity index (χ2n) is 5.56. The number of primary amides is 1. The molecule has 6 heteroatoms. The topological polar surface area (TPSA) is 72.4 Å². The first-order valence-electron chi connectivity index (χ1n) is 6.42. The normalized spacial score (nSPS) is 22.9. The quantitative estimate of drug-likeness (QED) is 0.818. The second-order valence-corrected chi connectivity index (χ2v) is 6.00. The largest absolute Gasteiger partial charge is 0.389 e.